The molecule has 1 amide bonds. The number of benzene rings is 1. The summed E-state index contributed by atoms with van der Waals surface area (Å²) >= 11 is 3.33. The summed E-state index contributed by atoms with van der Waals surface area (Å²) in [5.41, 5.74) is 6.92. The molecule has 1 heterocycles. The molecule has 0 radical (unpaired) electrons. The summed E-state index contributed by atoms with van der Waals surface area (Å²) in [6, 6.07) is 5.62. The van der Waals surface area contributed by atoms with E-state index < -0.39 is 11.9 Å². The number of carbonyl (C=O) groups is 2. The molecule has 0 aliphatic heterocycles. The molecular formula is C13H14IN3O3S. The molecule has 0 fully saturated rings. The quantitative estimate of drug-likeness (QED) is 0.553. The van der Waals surface area contributed by atoms with Gasteiger partial charge in [0.15, 0.2) is 5.16 Å². The van der Waals surface area contributed by atoms with Crippen LogP contribution in [0.2, 0.25) is 0 Å². The van der Waals surface area contributed by atoms with Crippen molar-refractivity contribution in [3.05, 3.63) is 21.8 Å². The molecule has 0 saturated carbocycles. The van der Waals surface area contributed by atoms with Crippen molar-refractivity contribution in [3.63, 3.8) is 0 Å². The van der Waals surface area contributed by atoms with Crippen molar-refractivity contribution < 1.29 is 14.7 Å². The van der Waals surface area contributed by atoms with Crippen molar-refractivity contribution in [2.45, 2.75) is 24.5 Å². The van der Waals surface area contributed by atoms with Gasteiger partial charge in [0.25, 0.3) is 0 Å². The van der Waals surface area contributed by atoms with Gasteiger partial charge in [-0.1, -0.05) is 11.8 Å². The number of imidazole rings is 1. The Balaban J connectivity index is 2.48. The van der Waals surface area contributed by atoms with E-state index in [0.29, 0.717) is 5.16 Å². The smallest absolute Gasteiger partial charge is 0.313 e. The van der Waals surface area contributed by atoms with Crippen LogP contribution in [0.15, 0.2) is 23.4 Å². The summed E-state index contributed by atoms with van der Waals surface area (Å²) in [5, 5.41) is 9.42. The fourth-order valence-electron chi connectivity index (χ4n) is 2.09. The molecule has 0 aliphatic rings. The van der Waals surface area contributed by atoms with E-state index in [1.807, 2.05) is 29.7 Å². The number of primary amides is 1. The fourth-order valence-corrected chi connectivity index (χ4v) is 3.39. The van der Waals surface area contributed by atoms with Crippen molar-refractivity contribution in [1.82, 2.24) is 9.55 Å². The van der Waals surface area contributed by atoms with Crippen LogP contribution >= 0.6 is 34.4 Å². The third-order valence-corrected chi connectivity index (χ3v) is 4.49. The number of hydrogen-bond acceptors (Lipinski definition) is 4. The molecule has 1 aromatic carbocycles. The van der Waals surface area contributed by atoms with Gasteiger partial charge < -0.3 is 15.4 Å². The maximum Gasteiger partial charge on any atom is 0.313 e. The number of halogens is 1. The summed E-state index contributed by atoms with van der Waals surface area (Å²) in [4.78, 5) is 26.4. The minimum absolute atomic E-state index is 0.0797. The van der Waals surface area contributed by atoms with E-state index >= 15 is 0 Å². The van der Waals surface area contributed by atoms with Crippen LogP contribution in [-0.4, -0.2) is 32.3 Å². The van der Waals surface area contributed by atoms with Gasteiger partial charge in [0.05, 0.1) is 16.8 Å². The monoisotopic (exact) mass is 419 g/mol. The number of hydrogen-bond donors (Lipinski definition) is 2. The average molecular weight is 419 g/mol. The third-order valence-electron chi connectivity index (χ3n) is 2.88. The highest BCUT2D eigenvalue weighted by Crippen LogP contribution is 2.29. The van der Waals surface area contributed by atoms with Crippen LogP contribution in [0.1, 0.15) is 19.4 Å². The summed E-state index contributed by atoms with van der Waals surface area (Å²) in [6.45, 7) is 1.87. The molecule has 0 saturated heterocycles. The standard InChI is InChI=1S/C13H14IN3O3S/c1-7(4-11(15)18)17-10-3-2-8(14)5-9(10)16-13(17)21-6-12(19)20/h2-3,5,7H,4,6H2,1H3,(H2,15,18)(H,19,20). The van der Waals surface area contributed by atoms with Gasteiger partial charge in [0.2, 0.25) is 5.91 Å². The Hall–Kier alpha value is -1.29. The zero-order valence-electron chi connectivity index (χ0n) is 11.2. The van der Waals surface area contributed by atoms with Gasteiger partial charge >= 0.3 is 5.97 Å². The molecule has 1 unspecified atom stereocenters. The summed E-state index contributed by atoms with van der Waals surface area (Å²) in [5.74, 6) is -1.39. The highest BCUT2D eigenvalue weighted by atomic mass is 127. The van der Waals surface area contributed by atoms with Crippen LogP contribution in [0.3, 0.4) is 0 Å². The first kappa shape index (κ1) is 16.1. The highest BCUT2D eigenvalue weighted by Gasteiger charge is 2.18. The lowest BCUT2D eigenvalue weighted by atomic mass is 10.2. The summed E-state index contributed by atoms with van der Waals surface area (Å²) < 4.78 is 2.92. The Bertz CT molecular complexity index is 701. The third kappa shape index (κ3) is 3.88. The number of thioether (sulfide) groups is 1. The average Bonchev–Trinajstić information content (AvgIpc) is 2.72. The van der Waals surface area contributed by atoms with Gasteiger partial charge in [0, 0.05) is 16.0 Å². The summed E-state index contributed by atoms with van der Waals surface area (Å²) in [6.07, 6.45) is 0.179. The van der Waals surface area contributed by atoms with Crippen LogP contribution in [0.4, 0.5) is 0 Å². The van der Waals surface area contributed by atoms with Crippen molar-refractivity contribution in [2.24, 2.45) is 5.73 Å². The van der Waals surface area contributed by atoms with Gasteiger partial charge in [-0.05, 0) is 47.7 Å². The van der Waals surface area contributed by atoms with Gasteiger partial charge in [-0.2, -0.15) is 0 Å². The number of fused-ring (bicyclic) bond motifs is 1. The van der Waals surface area contributed by atoms with Crippen molar-refractivity contribution in [1.29, 1.82) is 0 Å². The molecule has 2 rings (SSSR count). The van der Waals surface area contributed by atoms with Crippen LogP contribution in [0, 0.1) is 3.57 Å². The minimum Gasteiger partial charge on any atom is -0.481 e. The molecule has 1 aromatic heterocycles. The van der Waals surface area contributed by atoms with Crippen LogP contribution in [0.25, 0.3) is 11.0 Å². The Kier molecular flexibility index (Phi) is 5.09. The number of aromatic nitrogens is 2. The normalized spacial score (nSPS) is 12.5. The second kappa shape index (κ2) is 6.65. The Morgan fingerprint density at radius 3 is 2.86 bits per heavy atom. The van der Waals surface area contributed by atoms with E-state index in [0.717, 1.165) is 26.4 Å². The molecule has 0 bridgehead atoms. The molecule has 6 nitrogen and oxygen atoms in total. The molecule has 0 aliphatic carbocycles. The van der Waals surface area contributed by atoms with Crippen LogP contribution in [-0.2, 0) is 9.59 Å². The number of carboxylic acid groups (broad SMARTS) is 1. The fraction of sp³-hybridized carbons (Fsp3) is 0.308. The predicted molar refractivity (Wildman–Crippen MR) is 89.3 cm³/mol. The molecule has 112 valence electrons. The van der Waals surface area contributed by atoms with Crippen LogP contribution < -0.4 is 5.73 Å². The molecular weight excluding hydrogens is 405 g/mol. The van der Waals surface area contributed by atoms with Gasteiger partial charge in [-0.3, -0.25) is 9.59 Å². The number of nitrogens with zero attached hydrogens (tertiary/aromatic N) is 2. The largest absolute Gasteiger partial charge is 0.481 e. The lowest BCUT2D eigenvalue weighted by Crippen LogP contribution is -2.18. The molecule has 2 aromatic rings. The van der Waals surface area contributed by atoms with Crippen molar-refractivity contribution >= 4 is 57.3 Å². The Morgan fingerprint density at radius 1 is 1.52 bits per heavy atom. The first-order valence-corrected chi connectivity index (χ1v) is 8.25. The van der Waals surface area contributed by atoms with E-state index in [2.05, 4.69) is 27.6 Å². The molecule has 8 heteroatoms. The van der Waals surface area contributed by atoms with Gasteiger partial charge in [-0.25, -0.2) is 4.98 Å². The van der Waals surface area contributed by atoms with Crippen LogP contribution in [0.5, 0.6) is 0 Å². The molecule has 3 N–H and O–H groups in total. The number of amides is 1. The molecule has 0 spiro atoms. The van der Waals surface area contributed by atoms with E-state index in [-0.39, 0.29) is 18.2 Å². The first-order chi connectivity index (χ1) is 9.88. The highest BCUT2D eigenvalue weighted by molar-refractivity contribution is 14.1. The first-order valence-electron chi connectivity index (χ1n) is 6.19. The number of carbonyl (C=O) groups excluding carboxylic acids is 1. The maximum atomic E-state index is 11.2. The minimum atomic E-state index is -0.907. The number of rotatable bonds is 6. The van der Waals surface area contributed by atoms with Gasteiger partial charge in [-0.15, -0.1) is 0 Å². The van der Waals surface area contributed by atoms with Crippen molar-refractivity contribution in [2.75, 3.05) is 5.75 Å². The Labute approximate surface area is 139 Å². The summed E-state index contributed by atoms with van der Waals surface area (Å²) in [7, 11) is 0. The SMILES string of the molecule is CC(CC(N)=O)n1c(SCC(=O)O)nc2cc(I)ccc21. The van der Waals surface area contributed by atoms with Crippen molar-refractivity contribution in [3.8, 4) is 0 Å². The predicted octanol–water partition coefficient (Wildman–Crippen LogP) is 2.25. The van der Waals surface area contributed by atoms with E-state index in [9.17, 15) is 9.59 Å². The molecule has 1 atom stereocenters. The Morgan fingerprint density at radius 2 is 2.24 bits per heavy atom. The zero-order valence-corrected chi connectivity index (χ0v) is 14.2. The second-order valence-electron chi connectivity index (χ2n) is 4.60. The van der Waals surface area contributed by atoms with E-state index in [1.54, 1.807) is 0 Å². The second-order valence-corrected chi connectivity index (χ2v) is 6.79. The molecule has 21 heavy (non-hydrogen) atoms. The van der Waals surface area contributed by atoms with Gasteiger partial charge in [0.1, 0.15) is 0 Å². The van der Waals surface area contributed by atoms with E-state index in [1.165, 1.54) is 0 Å². The lowest BCUT2D eigenvalue weighted by molar-refractivity contribution is -0.134. The lowest BCUT2D eigenvalue weighted by Gasteiger charge is -2.15. The number of aliphatic carboxylic acids is 1. The van der Waals surface area contributed by atoms with E-state index in [4.69, 9.17) is 10.8 Å². The number of nitrogens with two attached hydrogens (primary N) is 1. The zero-order chi connectivity index (χ0) is 15.6. The maximum absolute atomic E-state index is 11.2. The number of carboxylic acids is 1. The topological polar surface area (TPSA) is 98.2 Å².